The van der Waals surface area contributed by atoms with Crippen LogP contribution in [-0.4, -0.2) is 0 Å². The summed E-state index contributed by atoms with van der Waals surface area (Å²) < 4.78 is 13.5. The SMILES string of the molecule is c1ccc(-c2ccc(N(c3ccc(-c4ccc(-c5ccccc5)c5c4oc4ccccc45)cc3)c3ccc(-c4ccccc4)c4c3oc3ccccc34)cc2)cc1. The largest absolute Gasteiger partial charge is 0.455 e. The zero-order valence-electron chi connectivity index (χ0n) is 31.0. The smallest absolute Gasteiger partial charge is 0.160 e. The van der Waals surface area contributed by atoms with Crippen LogP contribution in [0.15, 0.2) is 221 Å². The minimum atomic E-state index is 0.842. The number of anilines is 3. The minimum absolute atomic E-state index is 0.842. The summed E-state index contributed by atoms with van der Waals surface area (Å²) in [5.74, 6) is 0. The molecule has 0 fully saturated rings. The molecule has 0 radical (unpaired) electrons. The maximum absolute atomic E-state index is 6.83. The third-order valence-electron chi connectivity index (χ3n) is 11.1. The van der Waals surface area contributed by atoms with E-state index in [-0.39, 0.29) is 0 Å². The predicted molar refractivity (Wildman–Crippen MR) is 237 cm³/mol. The number of benzene rings is 9. The molecule has 0 atom stereocenters. The van der Waals surface area contributed by atoms with Crippen LogP contribution in [0.1, 0.15) is 0 Å². The Morgan fingerprint density at radius 1 is 0.281 bits per heavy atom. The lowest BCUT2D eigenvalue weighted by Gasteiger charge is -2.26. The number of furan rings is 2. The summed E-state index contributed by atoms with van der Waals surface area (Å²) in [6.07, 6.45) is 0. The maximum Gasteiger partial charge on any atom is 0.160 e. The molecule has 3 nitrogen and oxygen atoms in total. The summed E-state index contributed by atoms with van der Waals surface area (Å²) in [7, 11) is 0. The topological polar surface area (TPSA) is 29.5 Å². The molecule has 11 rings (SSSR count). The normalized spacial score (nSPS) is 11.5. The highest BCUT2D eigenvalue weighted by Crippen LogP contribution is 2.47. The van der Waals surface area contributed by atoms with E-state index in [9.17, 15) is 0 Å². The van der Waals surface area contributed by atoms with Gasteiger partial charge in [-0.1, -0.05) is 164 Å². The highest BCUT2D eigenvalue weighted by molar-refractivity contribution is 6.18. The zero-order valence-corrected chi connectivity index (χ0v) is 31.0. The van der Waals surface area contributed by atoms with Gasteiger partial charge in [0.25, 0.3) is 0 Å². The van der Waals surface area contributed by atoms with Crippen molar-refractivity contribution in [1.82, 2.24) is 0 Å². The molecule has 0 amide bonds. The molecule has 2 heterocycles. The summed E-state index contributed by atoms with van der Waals surface area (Å²) in [6, 6.07) is 74.8. The number of hydrogen-bond donors (Lipinski definition) is 0. The molecule has 9 aromatic carbocycles. The van der Waals surface area contributed by atoms with Crippen LogP contribution in [-0.2, 0) is 0 Å². The fourth-order valence-electron chi connectivity index (χ4n) is 8.41. The van der Waals surface area contributed by atoms with E-state index in [2.05, 4.69) is 205 Å². The summed E-state index contributed by atoms with van der Waals surface area (Å²) in [5.41, 5.74) is 15.6. The van der Waals surface area contributed by atoms with Gasteiger partial charge in [-0.2, -0.15) is 0 Å². The summed E-state index contributed by atoms with van der Waals surface area (Å²) in [5, 5.41) is 4.44. The Balaban J connectivity index is 1.09. The summed E-state index contributed by atoms with van der Waals surface area (Å²) >= 11 is 0. The molecule has 0 aliphatic rings. The van der Waals surface area contributed by atoms with E-state index in [4.69, 9.17) is 8.83 Å². The molecule has 57 heavy (non-hydrogen) atoms. The van der Waals surface area contributed by atoms with Gasteiger partial charge >= 0.3 is 0 Å². The van der Waals surface area contributed by atoms with E-state index in [1.165, 1.54) is 11.1 Å². The molecular formula is C54H35NO2. The van der Waals surface area contributed by atoms with Crippen LogP contribution in [0.4, 0.5) is 17.1 Å². The third-order valence-corrected chi connectivity index (χ3v) is 11.1. The van der Waals surface area contributed by atoms with Gasteiger partial charge in [0.1, 0.15) is 16.7 Å². The first kappa shape index (κ1) is 32.8. The predicted octanol–water partition coefficient (Wildman–Crippen LogP) is 15.6. The number of hydrogen-bond acceptors (Lipinski definition) is 3. The molecule has 0 unspecified atom stereocenters. The Bertz CT molecular complexity index is 3200. The van der Waals surface area contributed by atoms with Crippen molar-refractivity contribution in [2.24, 2.45) is 0 Å². The van der Waals surface area contributed by atoms with Crippen LogP contribution < -0.4 is 4.90 Å². The Kier molecular flexibility index (Phi) is 7.82. The molecule has 3 heteroatoms. The van der Waals surface area contributed by atoms with Gasteiger partial charge in [0.05, 0.1) is 5.69 Å². The highest BCUT2D eigenvalue weighted by atomic mass is 16.3. The van der Waals surface area contributed by atoms with Crippen LogP contribution in [0, 0.1) is 0 Å². The van der Waals surface area contributed by atoms with Crippen molar-refractivity contribution in [2.75, 3.05) is 4.90 Å². The highest BCUT2D eigenvalue weighted by Gasteiger charge is 2.23. The van der Waals surface area contributed by atoms with Crippen molar-refractivity contribution in [2.45, 2.75) is 0 Å². The van der Waals surface area contributed by atoms with Crippen LogP contribution in [0.2, 0.25) is 0 Å². The van der Waals surface area contributed by atoms with Crippen molar-refractivity contribution in [3.8, 4) is 44.5 Å². The van der Waals surface area contributed by atoms with E-state index in [0.717, 1.165) is 94.3 Å². The van der Waals surface area contributed by atoms with E-state index < -0.39 is 0 Å². The van der Waals surface area contributed by atoms with Gasteiger partial charge in [0.15, 0.2) is 5.58 Å². The molecule has 0 spiro atoms. The minimum Gasteiger partial charge on any atom is -0.455 e. The lowest BCUT2D eigenvalue weighted by atomic mass is 9.94. The van der Waals surface area contributed by atoms with Crippen molar-refractivity contribution in [3.63, 3.8) is 0 Å². The lowest BCUT2D eigenvalue weighted by Crippen LogP contribution is -2.10. The molecule has 0 aliphatic carbocycles. The van der Waals surface area contributed by atoms with Crippen LogP contribution in [0.3, 0.4) is 0 Å². The molecule has 2 aromatic heterocycles. The monoisotopic (exact) mass is 729 g/mol. The summed E-state index contributed by atoms with van der Waals surface area (Å²) in [4.78, 5) is 2.31. The fraction of sp³-hybridized carbons (Fsp3) is 0. The van der Waals surface area contributed by atoms with Crippen LogP contribution in [0.5, 0.6) is 0 Å². The van der Waals surface area contributed by atoms with Crippen molar-refractivity contribution in [3.05, 3.63) is 212 Å². The Morgan fingerprint density at radius 2 is 0.667 bits per heavy atom. The molecule has 0 aliphatic heterocycles. The fourth-order valence-corrected chi connectivity index (χ4v) is 8.41. The maximum atomic E-state index is 6.83. The van der Waals surface area contributed by atoms with Crippen molar-refractivity contribution < 1.29 is 8.83 Å². The van der Waals surface area contributed by atoms with Crippen molar-refractivity contribution >= 4 is 60.9 Å². The third kappa shape index (κ3) is 5.60. The molecule has 268 valence electrons. The van der Waals surface area contributed by atoms with Gasteiger partial charge in [0, 0.05) is 38.5 Å². The molecule has 11 aromatic rings. The average Bonchev–Trinajstić information content (AvgIpc) is 3.88. The van der Waals surface area contributed by atoms with Gasteiger partial charge in [0.2, 0.25) is 0 Å². The van der Waals surface area contributed by atoms with Crippen LogP contribution in [0.25, 0.3) is 88.4 Å². The van der Waals surface area contributed by atoms with Crippen molar-refractivity contribution in [1.29, 1.82) is 0 Å². The van der Waals surface area contributed by atoms with Gasteiger partial charge in [-0.25, -0.2) is 0 Å². The van der Waals surface area contributed by atoms with E-state index in [0.29, 0.717) is 0 Å². The number of rotatable bonds is 7. The first-order chi connectivity index (χ1) is 28.3. The van der Waals surface area contributed by atoms with E-state index >= 15 is 0 Å². The standard InChI is InChI=1S/C54H35NO2/c1-4-14-36(15-5-1)37-24-28-41(29-25-37)55(48-35-34-44(39-18-8-3-9-19-39)52-47-21-11-13-23-50(47)57-54(48)52)42-30-26-40(27-31-42)45-33-32-43(38-16-6-2-7-17-38)51-46-20-10-12-22-49(46)56-53(45)51/h1-35H. The quantitative estimate of drug-likeness (QED) is 0.164. The average molecular weight is 730 g/mol. The van der Waals surface area contributed by atoms with Gasteiger partial charge in [-0.05, 0) is 87.5 Å². The first-order valence-electron chi connectivity index (χ1n) is 19.3. The van der Waals surface area contributed by atoms with E-state index in [1.54, 1.807) is 0 Å². The second-order valence-corrected chi connectivity index (χ2v) is 14.4. The van der Waals surface area contributed by atoms with Crippen LogP contribution >= 0.6 is 0 Å². The molecular weight excluding hydrogens is 695 g/mol. The number of para-hydroxylation sites is 2. The molecule has 0 N–H and O–H groups in total. The number of nitrogens with zero attached hydrogens (tertiary/aromatic N) is 1. The second-order valence-electron chi connectivity index (χ2n) is 14.4. The zero-order chi connectivity index (χ0) is 37.7. The van der Waals surface area contributed by atoms with Gasteiger partial charge < -0.3 is 13.7 Å². The Hall–Kier alpha value is -7.62. The number of fused-ring (bicyclic) bond motifs is 6. The lowest BCUT2D eigenvalue weighted by molar-refractivity contribution is 0.669. The first-order valence-corrected chi connectivity index (χ1v) is 19.3. The Labute approximate surface area is 330 Å². The molecule has 0 saturated carbocycles. The van der Waals surface area contributed by atoms with Gasteiger partial charge in [-0.15, -0.1) is 0 Å². The second kappa shape index (κ2) is 13.6. The summed E-state index contributed by atoms with van der Waals surface area (Å²) in [6.45, 7) is 0. The van der Waals surface area contributed by atoms with E-state index in [1.807, 2.05) is 12.1 Å². The Morgan fingerprint density at radius 3 is 1.23 bits per heavy atom. The molecule has 0 bridgehead atoms. The van der Waals surface area contributed by atoms with Gasteiger partial charge in [-0.3, -0.25) is 0 Å². The molecule has 0 saturated heterocycles.